The Hall–Kier alpha value is -3.19. The SMILES string of the molecule is COc1ccc(-c2nc(C(=O)C3CCCC3)cn2-c2ccc(OCCO)cc2)cn1. The largest absolute Gasteiger partial charge is 0.491 e. The number of aromatic nitrogens is 3. The van der Waals surface area contributed by atoms with Crippen LogP contribution in [-0.2, 0) is 0 Å². The first kappa shape index (κ1) is 20.1. The number of nitrogens with zero attached hydrogens (tertiary/aromatic N) is 3. The molecule has 4 rings (SSSR count). The Labute approximate surface area is 175 Å². The van der Waals surface area contributed by atoms with Crippen molar-refractivity contribution in [1.29, 1.82) is 0 Å². The zero-order chi connectivity index (χ0) is 20.9. The Morgan fingerprint density at radius 3 is 2.57 bits per heavy atom. The molecule has 0 aliphatic heterocycles. The molecular formula is C23H25N3O4. The van der Waals surface area contributed by atoms with E-state index in [1.165, 1.54) is 0 Å². The van der Waals surface area contributed by atoms with Crippen LogP contribution in [-0.4, -0.2) is 45.7 Å². The highest BCUT2D eigenvalue weighted by Gasteiger charge is 2.27. The van der Waals surface area contributed by atoms with Gasteiger partial charge in [0.15, 0.2) is 5.78 Å². The Kier molecular flexibility index (Phi) is 6.09. The summed E-state index contributed by atoms with van der Waals surface area (Å²) in [6.07, 6.45) is 7.57. The fourth-order valence-electron chi connectivity index (χ4n) is 3.80. The maximum absolute atomic E-state index is 13.0. The van der Waals surface area contributed by atoms with Gasteiger partial charge in [0, 0.05) is 35.6 Å². The Bertz CT molecular complexity index is 990. The summed E-state index contributed by atoms with van der Waals surface area (Å²) in [5.74, 6) is 2.00. The molecule has 3 aromatic rings. The normalized spacial score (nSPS) is 14.1. The number of aliphatic hydroxyl groups is 1. The zero-order valence-corrected chi connectivity index (χ0v) is 17.0. The lowest BCUT2D eigenvalue weighted by Crippen LogP contribution is -2.11. The number of rotatable bonds is 8. The van der Waals surface area contributed by atoms with E-state index in [9.17, 15) is 4.79 Å². The third kappa shape index (κ3) is 4.21. The average molecular weight is 407 g/mol. The predicted octanol–water partition coefficient (Wildman–Crippen LogP) is 3.69. The highest BCUT2D eigenvalue weighted by molar-refractivity contribution is 5.96. The standard InChI is InChI=1S/C23H25N3O4/c1-29-21-11-6-17(14-24-21)23-25-20(22(28)16-4-2-3-5-16)15-26(23)18-7-9-19(10-8-18)30-13-12-27/h6-11,14-16,27H,2-5,12-13H2,1H3. The molecule has 1 N–H and O–H groups in total. The molecular weight excluding hydrogens is 382 g/mol. The molecule has 0 bridgehead atoms. The van der Waals surface area contributed by atoms with Gasteiger partial charge in [-0.3, -0.25) is 9.36 Å². The minimum Gasteiger partial charge on any atom is -0.491 e. The minimum absolute atomic E-state index is 0.0372. The molecule has 1 aromatic carbocycles. The van der Waals surface area contributed by atoms with Crippen LogP contribution >= 0.6 is 0 Å². The van der Waals surface area contributed by atoms with Gasteiger partial charge in [-0.25, -0.2) is 9.97 Å². The zero-order valence-electron chi connectivity index (χ0n) is 17.0. The number of pyridine rings is 1. The van der Waals surface area contributed by atoms with Crippen LogP contribution in [0.5, 0.6) is 11.6 Å². The van der Waals surface area contributed by atoms with Crippen LogP contribution in [0.1, 0.15) is 36.2 Å². The quantitative estimate of drug-likeness (QED) is 0.573. The maximum Gasteiger partial charge on any atom is 0.212 e. The number of benzene rings is 1. The second-order valence-corrected chi connectivity index (χ2v) is 7.32. The Balaban J connectivity index is 1.71. The lowest BCUT2D eigenvalue weighted by molar-refractivity contribution is 0.0918. The number of imidazole rings is 1. The van der Waals surface area contributed by atoms with Gasteiger partial charge in [-0.1, -0.05) is 12.8 Å². The predicted molar refractivity (Wildman–Crippen MR) is 112 cm³/mol. The van der Waals surface area contributed by atoms with Crippen LogP contribution in [0.2, 0.25) is 0 Å². The van der Waals surface area contributed by atoms with Crippen LogP contribution < -0.4 is 9.47 Å². The minimum atomic E-state index is -0.0372. The third-order valence-corrected chi connectivity index (χ3v) is 5.36. The summed E-state index contributed by atoms with van der Waals surface area (Å²) in [4.78, 5) is 22.0. The van der Waals surface area contributed by atoms with Gasteiger partial charge in [0.2, 0.25) is 5.88 Å². The summed E-state index contributed by atoms with van der Waals surface area (Å²) < 4.78 is 12.5. The van der Waals surface area contributed by atoms with E-state index in [1.807, 2.05) is 41.1 Å². The molecule has 0 atom stereocenters. The van der Waals surface area contributed by atoms with Crippen molar-refractivity contribution in [2.24, 2.45) is 5.92 Å². The molecule has 1 saturated carbocycles. The summed E-state index contributed by atoms with van der Waals surface area (Å²) in [6.45, 7) is 0.206. The lowest BCUT2D eigenvalue weighted by atomic mass is 10.0. The Morgan fingerprint density at radius 1 is 1.17 bits per heavy atom. The van der Waals surface area contributed by atoms with E-state index in [2.05, 4.69) is 4.98 Å². The first-order chi connectivity index (χ1) is 14.7. The fourth-order valence-corrected chi connectivity index (χ4v) is 3.80. The molecule has 1 aliphatic carbocycles. The molecule has 7 heteroatoms. The number of aliphatic hydroxyl groups excluding tert-OH is 1. The molecule has 0 amide bonds. The molecule has 30 heavy (non-hydrogen) atoms. The lowest BCUT2D eigenvalue weighted by Gasteiger charge is -2.10. The summed E-state index contributed by atoms with van der Waals surface area (Å²) >= 11 is 0. The van der Waals surface area contributed by atoms with Crippen molar-refractivity contribution in [2.75, 3.05) is 20.3 Å². The first-order valence-corrected chi connectivity index (χ1v) is 10.2. The molecule has 0 unspecified atom stereocenters. The molecule has 0 saturated heterocycles. The van der Waals surface area contributed by atoms with Crippen molar-refractivity contribution in [3.05, 3.63) is 54.5 Å². The van der Waals surface area contributed by atoms with Gasteiger partial charge in [-0.05, 0) is 43.2 Å². The molecule has 7 nitrogen and oxygen atoms in total. The summed E-state index contributed by atoms with van der Waals surface area (Å²) in [6, 6.07) is 11.1. The summed E-state index contributed by atoms with van der Waals surface area (Å²) in [5.41, 5.74) is 2.13. The molecule has 156 valence electrons. The number of Topliss-reactive ketones (excluding diaryl/α,β-unsaturated/α-hetero) is 1. The van der Waals surface area contributed by atoms with Crippen molar-refractivity contribution in [1.82, 2.24) is 14.5 Å². The van der Waals surface area contributed by atoms with Gasteiger partial charge in [0.05, 0.1) is 13.7 Å². The van der Waals surface area contributed by atoms with Gasteiger partial charge >= 0.3 is 0 Å². The average Bonchev–Trinajstić information content (AvgIpc) is 3.48. The van der Waals surface area contributed by atoms with Crippen molar-refractivity contribution in [2.45, 2.75) is 25.7 Å². The molecule has 1 fully saturated rings. The van der Waals surface area contributed by atoms with E-state index in [0.717, 1.165) is 36.9 Å². The number of carbonyl (C=O) groups excluding carboxylic acids is 1. The number of methoxy groups -OCH3 is 1. The van der Waals surface area contributed by atoms with Crippen molar-refractivity contribution in [3.8, 4) is 28.7 Å². The second kappa shape index (κ2) is 9.09. The van der Waals surface area contributed by atoms with E-state index < -0.39 is 0 Å². The van der Waals surface area contributed by atoms with Crippen molar-refractivity contribution < 1.29 is 19.4 Å². The number of hydrogen-bond acceptors (Lipinski definition) is 6. The smallest absolute Gasteiger partial charge is 0.212 e. The van der Waals surface area contributed by atoms with Crippen LogP contribution in [0.3, 0.4) is 0 Å². The number of ketones is 1. The van der Waals surface area contributed by atoms with Crippen LogP contribution in [0.4, 0.5) is 0 Å². The third-order valence-electron chi connectivity index (χ3n) is 5.36. The van der Waals surface area contributed by atoms with Gasteiger partial charge in [0.1, 0.15) is 23.9 Å². The second-order valence-electron chi connectivity index (χ2n) is 7.32. The van der Waals surface area contributed by atoms with Crippen LogP contribution in [0.15, 0.2) is 48.8 Å². The van der Waals surface area contributed by atoms with Crippen molar-refractivity contribution >= 4 is 5.78 Å². The first-order valence-electron chi connectivity index (χ1n) is 10.2. The van der Waals surface area contributed by atoms with Gasteiger partial charge in [0.25, 0.3) is 0 Å². The number of hydrogen-bond donors (Lipinski definition) is 1. The fraction of sp³-hybridized carbons (Fsp3) is 0.348. The topological polar surface area (TPSA) is 86.5 Å². The Morgan fingerprint density at radius 2 is 1.93 bits per heavy atom. The number of carbonyl (C=O) groups is 1. The van der Waals surface area contributed by atoms with Crippen LogP contribution in [0, 0.1) is 5.92 Å². The summed E-state index contributed by atoms with van der Waals surface area (Å²) in [7, 11) is 1.57. The van der Waals surface area contributed by atoms with Gasteiger partial charge < -0.3 is 14.6 Å². The monoisotopic (exact) mass is 407 g/mol. The van der Waals surface area contributed by atoms with E-state index in [-0.39, 0.29) is 24.9 Å². The van der Waals surface area contributed by atoms with E-state index in [4.69, 9.17) is 19.6 Å². The molecule has 2 heterocycles. The van der Waals surface area contributed by atoms with Crippen molar-refractivity contribution in [3.63, 3.8) is 0 Å². The molecule has 0 radical (unpaired) electrons. The molecule has 2 aromatic heterocycles. The van der Waals surface area contributed by atoms with Gasteiger partial charge in [-0.15, -0.1) is 0 Å². The molecule has 0 spiro atoms. The highest BCUT2D eigenvalue weighted by atomic mass is 16.5. The highest BCUT2D eigenvalue weighted by Crippen LogP contribution is 2.30. The van der Waals surface area contributed by atoms with E-state index in [1.54, 1.807) is 19.4 Å². The maximum atomic E-state index is 13.0. The van der Waals surface area contributed by atoms with E-state index >= 15 is 0 Å². The molecule has 1 aliphatic rings. The summed E-state index contributed by atoms with van der Waals surface area (Å²) in [5, 5.41) is 8.92. The van der Waals surface area contributed by atoms with E-state index in [0.29, 0.717) is 23.1 Å². The number of ether oxygens (including phenoxy) is 2. The van der Waals surface area contributed by atoms with Gasteiger partial charge in [-0.2, -0.15) is 0 Å². The van der Waals surface area contributed by atoms with Crippen LogP contribution in [0.25, 0.3) is 17.1 Å².